The highest BCUT2D eigenvalue weighted by molar-refractivity contribution is 5.52. The van der Waals surface area contributed by atoms with Gasteiger partial charge >= 0.3 is 0 Å². The van der Waals surface area contributed by atoms with Crippen molar-refractivity contribution in [2.75, 3.05) is 14.2 Å². The van der Waals surface area contributed by atoms with Crippen molar-refractivity contribution in [3.63, 3.8) is 0 Å². The monoisotopic (exact) mass is 232 g/mol. The maximum Gasteiger partial charge on any atom is 0.122 e. The van der Waals surface area contributed by atoms with E-state index in [2.05, 4.69) is 0 Å². The summed E-state index contributed by atoms with van der Waals surface area (Å²) in [4.78, 5) is 0. The number of hydrogen-bond donors (Lipinski definition) is 0. The van der Waals surface area contributed by atoms with Crippen LogP contribution in [0, 0.1) is 5.41 Å². The number of rotatable bonds is 2. The average Bonchev–Trinajstić information content (AvgIpc) is 2.95. The minimum absolute atomic E-state index is 0.518. The van der Waals surface area contributed by atoms with E-state index in [1.807, 2.05) is 12.1 Å². The third-order valence-corrected chi connectivity index (χ3v) is 4.55. The first-order chi connectivity index (χ1) is 8.28. The first-order valence-electron chi connectivity index (χ1n) is 6.51. The van der Waals surface area contributed by atoms with E-state index in [0.29, 0.717) is 5.41 Å². The third-order valence-electron chi connectivity index (χ3n) is 4.55. The highest BCUT2D eigenvalue weighted by Crippen LogP contribution is 2.52. The Morgan fingerprint density at radius 2 is 1.35 bits per heavy atom. The molecule has 0 radical (unpaired) electrons. The summed E-state index contributed by atoms with van der Waals surface area (Å²) in [6.07, 6.45) is 7.88. The summed E-state index contributed by atoms with van der Waals surface area (Å²) in [5, 5.41) is 0. The zero-order chi connectivity index (χ0) is 11.9. The van der Waals surface area contributed by atoms with Gasteiger partial charge in [-0.15, -0.1) is 0 Å². The van der Waals surface area contributed by atoms with Crippen LogP contribution in [0.2, 0.25) is 0 Å². The molecule has 2 heteroatoms. The Bertz CT molecular complexity index is 396. The van der Waals surface area contributed by atoms with E-state index in [0.717, 1.165) is 11.5 Å². The molecule has 0 bridgehead atoms. The van der Waals surface area contributed by atoms with Gasteiger partial charge in [0.05, 0.1) is 14.2 Å². The lowest BCUT2D eigenvalue weighted by atomic mass is 9.83. The average molecular weight is 232 g/mol. The third kappa shape index (κ3) is 1.62. The van der Waals surface area contributed by atoms with Gasteiger partial charge in [-0.3, -0.25) is 0 Å². The molecule has 2 nitrogen and oxygen atoms in total. The Balaban J connectivity index is 2.04. The van der Waals surface area contributed by atoms with Crippen molar-refractivity contribution in [1.29, 1.82) is 0 Å². The molecule has 1 saturated carbocycles. The summed E-state index contributed by atoms with van der Waals surface area (Å²) >= 11 is 0. The van der Waals surface area contributed by atoms with Gasteiger partial charge in [-0.05, 0) is 43.2 Å². The Hall–Kier alpha value is -1.18. The van der Waals surface area contributed by atoms with Gasteiger partial charge in [0.15, 0.2) is 0 Å². The van der Waals surface area contributed by atoms with Crippen LogP contribution in [0.5, 0.6) is 11.5 Å². The normalized spacial score (nSPS) is 20.6. The molecule has 2 aliphatic carbocycles. The van der Waals surface area contributed by atoms with Crippen molar-refractivity contribution < 1.29 is 9.47 Å². The van der Waals surface area contributed by atoms with E-state index in [1.165, 1.54) is 49.7 Å². The van der Waals surface area contributed by atoms with Crippen LogP contribution >= 0.6 is 0 Å². The molecular formula is C15H20O2. The van der Waals surface area contributed by atoms with E-state index in [4.69, 9.17) is 9.47 Å². The standard InChI is InChI=1S/C15H20O2/c1-16-13-5-6-14(17-2)12-10-15(9-11(12)13)7-3-4-8-15/h5-6H,3-4,7-10H2,1-2H3. The fourth-order valence-corrected chi connectivity index (χ4v) is 3.71. The van der Waals surface area contributed by atoms with E-state index in [9.17, 15) is 0 Å². The van der Waals surface area contributed by atoms with Crippen molar-refractivity contribution in [3.05, 3.63) is 23.3 Å². The maximum absolute atomic E-state index is 5.50. The summed E-state index contributed by atoms with van der Waals surface area (Å²) in [7, 11) is 3.53. The predicted octanol–water partition coefficient (Wildman–Crippen LogP) is 3.36. The van der Waals surface area contributed by atoms with Crippen LogP contribution in [0.1, 0.15) is 36.8 Å². The molecular weight excluding hydrogens is 212 g/mol. The molecule has 0 amide bonds. The minimum atomic E-state index is 0.518. The summed E-state index contributed by atoms with van der Waals surface area (Å²) in [5.74, 6) is 2.09. The topological polar surface area (TPSA) is 18.5 Å². The zero-order valence-corrected chi connectivity index (χ0v) is 10.7. The van der Waals surface area contributed by atoms with Crippen LogP contribution in [-0.4, -0.2) is 14.2 Å². The molecule has 0 N–H and O–H groups in total. The van der Waals surface area contributed by atoms with Gasteiger partial charge in [-0.25, -0.2) is 0 Å². The molecule has 0 atom stereocenters. The molecule has 0 aromatic heterocycles. The molecule has 92 valence electrons. The van der Waals surface area contributed by atoms with Crippen molar-refractivity contribution in [1.82, 2.24) is 0 Å². The number of ether oxygens (including phenoxy) is 2. The summed E-state index contributed by atoms with van der Waals surface area (Å²) in [5.41, 5.74) is 3.31. The molecule has 2 aliphatic rings. The molecule has 0 unspecified atom stereocenters. The van der Waals surface area contributed by atoms with Crippen LogP contribution in [0.25, 0.3) is 0 Å². The summed E-state index contributed by atoms with van der Waals surface area (Å²) in [6, 6.07) is 4.09. The van der Waals surface area contributed by atoms with Crippen LogP contribution < -0.4 is 9.47 Å². The smallest absolute Gasteiger partial charge is 0.122 e. The van der Waals surface area contributed by atoms with Gasteiger partial charge in [-0.2, -0.15) is 0 Å². The molecule has 1 aromatic carbocycles. The van der Waals surface area contributed by atoms with Crippen LogP contribution in [0.3, 0.4) is 0 Å². The van der Waals surface area contributed by atoms with Gasteiger partial charge in [0, 0.05) is 11.1 Å². The van der Waals surface area contributed by atoms with Crippen molar-refractivity contribution in [2.24, 2.45) is 5.41 Å². The van der Waals surface area contributed by atoms with E-state index in [-0.39, 0.29) is 0 Å². The van der Waals surface area contributed by atoms with Crippen molar-refractivity contribution >= 4 is 0 Å². The molecule has 1 spiro atoms. The fourth-order valence-electron chi connectivity index (χ4n) is 3.71. The molecule has 0 heterocycles. The lowest BCUT2D eigenvalue weighted by Gasteiger charge is -2.21. The quantitative estimate of drug-likeness (QED) is 0.778. The Kier molecular flexibility index (Phi) is 2.53. The lowest BCUT2D eigenvalue weighted by Crippen LogP contribution is -2.15. The fraction of sp³-hybridized carbons (Fsp3) is 0.600. The van der Waals surface area contributed by atoms with Crippen LogP contribution in [0.15, 0.2) is 12.1 Å². The second-order valence-corrected chi connectivity index (χ2v) is 5.49. The largest absolute Gasteiger partial charge is 0.496 e. The van der Waals surface area contributed by atoms with Crippen molar-refractivity contribution in [3.8, 4) is 11.5 Å². The lowest BCUT2D eigenvalue weighted by molar-refractivity contribution is 0.311. The number of methoxy groups -OCH3 is 2. The van der Waals surface area contributed by atoms with E-state index in [1.54, 1.807) is 14.2 Å². The predicted molar refractivity (Wildman–Crippen MR) is 67.9 cm³/mol. The first kappa shape index (κ1) is 10.9. The SMILES string of the molecule is COc1ccc(OC)c2c1CC1(CCCC1)C2. The van der Waals surface area contributed by atoms with Gasteiger partial charge < -0.3 is 9.47 Å². The number of benzene rings is 1. The van der Waals surface area contributed by atoms with E-state index < -0.39 is 0 Å². The molecule has 17 heavy (non-hydrogen) atoms. The molecule has 1 fully saturated rings. The molecule has 0 saturated heterocycles. The number of fused-ring (bicyclic) bond motifs is 1. The second-order valence-electron chi connectivity index (χ2n) is 5.49. The highest BCUT2D eigenvalue weighted by atomic mass is 16.5. The molecule has 3 rings (SSSR count). The van der Waals surface area contributed by atoms with Crippen LogP contribution in [-0.2, 0) is 12.8 Å². The molecule has 1 aromatic rings. The van der Waals surface area contributed by atoms with Crippen molar-refractivity contribution in [2.45, 2.75) is 38.5 Å². The van der Waals surface area contributed by atoms with E-state index >= 15 is 0 Å². The minimum Gasteiger partial charge on any atom is -0.496 e. The van der Waals surface area contributed by atoms with Gasteiger partial charge in [0.2, 0.25) is 0 Å². The van der Waals surface area contributed by atoms with Crippen LogP contribution in [0.4, 0.5) is 0 Å². The van der Waals surface area contributed by atoms with Gasteiger partial charge in [0.1, 0.15) is 11.5 Å². The van der Waals surface area contributed by atoms with Gasteiger partial charge in [0.25, 0.3) is 0 Å². The second kappa shape index (κ2) is 3.94. The number of hydrogen-bond acceptors (Lipinski definition) is 2. The first-order valence-corrected chi connectivity index (χ1v) is 6.51. The molecule has 0 aliphatic heterocycles. The van der Waals surface area contributed by atoms with Gasteiger partial charge in [-0.1, -0.05) is 12.8 Å². The summed E-state index contributed by atoms with van der Waals surface area (Å²) < 4.78 is 11.0. The Morgan fingerprint density at radius 3 is 1.76 bits per heavy atom. The summed E-state index contributed by atoms with van der Waals surface area (Å²) in [6.45, 7) is 0. The highest BCUT2D eigenvalue weighted by Gasteiger charge is 2.42. The maximum atomic E-state index is 5.50. The Labute approximate surface area is 103 Å². The Morgan fingerprint density at radius 1 is 0.882 bits per heavy atom. The zero-order valence-electron chi connectivity index (χ0n) is 10.7.